The number of aromatic nitrogens is 2. The molecular weight excluding hydrogens is 408 g/mol. The minimum Gasteiger partial charge on any atom is -0.481 e. The highest BCUT2D eigenvalue weighted by Gasteiger charge is 2.48. The summed E-state index contributed by atoms with van der Waals surface area (Å²) in [6.07, 6.45) is 1.21. The number of aliphatic carboxylic acids is 1. The van der Waals surface area contributed by atoms with Gasteiger partial charge < -0.3 is 25.2 Å². The molecule has 3 N–H and O–H groups in total. The number of hydrogen-bond acceptors (Lipinski definition) is 8. The molecule has 2 saturated heterocycles. The molecule has 2 fully saturated rings. The Morgan fingerprint density at radius 3 is 2.57 bits per heavy atom. The predicted molar refractivity (Wildman–Crippen MR) is 111 cm³/mol. The molecule has 2 aliphatic heterocycles. The van der Waals surface area contributed by atoms with Gasteiger partial charge >= 0.3 is 5.97 Å². The number of ether oxygens (including phenoxy) is 2. The van der Waals surface area contributed by atoms with Gasteiger partial charge in [0.05, 0.1) is 42.5 Å². The summed E-state index contributed by atoms with van der Waals surface area (Å²) in [7, 11) is 0. The zero-order chi connectivity index (χ0) is 20.9. The number of hydrogen-bond donors (Lipinski definition) is 3. The van der Waals surface area contributed by atoms with E-state index in [-0.39, 0.29) is 41.7 Å². The van der Waals surface area contributed by atoms with E-state index in [1.54, 1.807) is 6.20 Å². The summed E-state index contributed by atoms with van der Waals surface area (Å²) in [5, 5.41) is 14.8. The van der Waals surface area contributed by atoms with Gasteiger partial charge in [0.15, 0.2) is 0 Å². The predicted octanol–water partition coefficient (Wildman–Crippen LogP) is 1.02. The molecule has 0 saturated carbocycles. The second-order valence-electron chi connectivity index (χ2n) is 7.04. The average molecular weight is 430 g/mol. The minimum absolute atomic E-state index is 0.0853. The number of carboxylic acid groups (broad SMARTS) is 1. The average Bonchev–Trinajstić information content (AvgIpc) is 3.32. The normalized spacial score (nSPS) is 24.9. The van der Waals surface area contributed by atoms with Gasteiger partial charge in [-0.2, -0.15) is 0 Å². The number of benzene rings is 1. The van der Waals surface area contributed by atoms with Crippen LogP contribution in [0, 0.1) is 0 Å². The van der Waals surface area contributed by atoms with Crippen LogP contribution in [0.2, 0.25) is 0 Å². The molecule has 2 aliphatic rings. The maximum absolute atomic E-state index is 12.0. The third-order valence-corrected chi connectivity index (χ3v) is 5.82. The molecule has 2 aromatic rings. The van der Waals surface area contributed by atoms with E-state index in [0.717, 1.165) is 23.0 Å². The van der Waals surface area contributed by atoms with Gasteiger partial charge in [-0.3, -0.25) is 9.59 Å². The van der Waals surface area contributed by atoms with Crippen molar-refractivity contribution in [3.8, 4) is 11.3 Å². The van der Waals surface area contributed by atoms with Crippen LogP contribution in [0.5, 0.6) is 0 Å². The highest BCUT2D eigenvalue weighted by Crippen LogP contribution is 2.29. The summed E-state index contributed by atoms with van der Waals surface area (Å²) in [5.41, 5.74) is 1.82. The third-order valence-electron chi connectivity index (χ3n) is 4.90. The Morgan fingerprint density at radius 2 is 1.80 bits per heavy atom. The van der Waals surface area contributed by atoms with Crippen molar-refractivity contribution in [2.75, 3.05) is 30.0 Å². The van der Waals surface area contributed by atoms with Crippen LogP contribution in [-0.2, 0) is 19.1 Å². The van der Waals surface area contributed by atoms with Gasteiger partial charge in [0.1, 0.15) is 12.2 Å². The molecule has 30 heavy (non-hydrogen) atoms. The number of carbonyl (C=O) groups excluding carboxylic acids is 1. The number of carboxylic acids is 1. The van der Waals surface area contributed by atoms with Gasteiger partial charge in [-0.1, -0.05) is 30.3 Å². The first-order valence-electron chi connectivity index (χ1n) is 9.57. The van der Waals surface area contributed by atoms with Crippen molar-refractivity contribution in [1.29, 1.82) is 0 Å². The molecule has 158 valence electrons. The summed E-state index contributed by atoms with van der Waals surface area (Å²) in [5.74, 6) is -0.697. The maximum Gasteiger partial charge on any atom is 0.313 e. The van der Waals surface area contributed by atoms with Crippen LogP contribution in [-0.4, -0.2) is 76.0 Å². The Morgan fingerprint density at radius 1 is 1.07 bits per heavy atom. The molecule has 0 spiro atoms. The second kappa shape index (κ2) is 9.41. The summed E-state index contributed by atoms with van der Waals surface area (Å²) >= 11 is 1.06. The first kappa shape index (κ1) is 20.6. The lowest BCUT2D eigenvalue weighted by atomic mass is 10.1. The number of amides is 1. The van der Waals surface area contributed by atoms with Crippen molar-refractivity contribution in [2.24, 2.45) is 0 Å². The van der Waals surface area contributed by atoms with E-state index in [2.05, 4.69) is 20.6 Å². The number of carbonyl (C=O) groups is 2. The number of nitrogens with one attached hydrogen (secondary N) is 2. The molecule has 4 atom stereocenters. The van der Waals surface area contributed by atoms with E-state index >= 15 is 0 Å². The van der Waals surface area contributed by atoms with E-state index in [1.807, 2.05) is 36.4 Å². The Hall–Kier alpha value is -2.69. The number of anilines is 1. The first-order chi connectivity index (χ1) is 14.6. The summed E-state index contributed by atoms with van der Waals surface area (Å²) < 4.78 is 11.7. The Balaban J connectivity index is 1.33. The van der Waals surface area contributed by atoms with E-state index in [9.17, 15) is 9.59 Å². The van der Waals surface area contributed by atoms with Crippen molar-refractivity contribution in [3.63, 3.8) is 0 Å². The molecule has 10 heteroatoms. The molecule has 0 radical (unpaired) electrons. The van der Waals surface area contributed by atoms with Crippen LogP contribution in [0.1, 0.15) is 0 Å². The fourth-order valence-corrected chi connectivity index (χ4v) is 4.14. The van der Waals surface area contributed by atoms with E-state index < -0.39 is 5.97 Å². The molecule has 4 rings (SSSR count). The van der Waals surface area contributed by atoms with Crippen molar-refractivity contribution in [1.82, 2.24) is 15.3 Å². The van der Waals surface area contributed by atoms with Crippen LogP contribution in [0.25, 0.3) is 11.3 Å². The Kier molecular flexibility index (Phi) is 6.46. The molecule has 3 heterocycles. The number of nitrogens with zero attached hydrogens (tertiary/aromatic N) is 2. The molecule has 0 aliphatic carbocycles. The minimum atomic E-state index is -0.941. The van der Waals surface area contributed by atoms with Gasteiger partial charge in [-0.15, -0.1) is 11.8 Å². The monoisotopic (exact) mass is 430 g/mol. The zero-order valence-corrected chi connectivity index (χ0v) is 16.9. The lowest BCUT2D eigenvalue weighted by molar-refractivity contribution is -0.133. The number of rotatable bonds is 8. The molecule has 9 nitrogen and oxygen atoms in total. The highest BCUT2D eigenvalue weighted by molar-refractivity contribution is 8.00. The maximum atomic E-state index is 12.0. The summed E-state index contributed by atoms with van der Waals surface area (Å²) in [4.78, 5) is 31.5. The van der Waals surface area contributed by atoms with Crippen LogP contribution in [0.4, 0.5) is 5.95 Å². The molecular formula is C20H22N4O5S. The topological polar surface area (TPSA) is 123 Å². The highest BCUT2D eigenvalue weighted by atomic mass is 32.2. The van der Waals surface area contributed by atoms with Gasteiger partial charge in [0, 0.05) is 11.8 Å². The molecule has 1 aromatic carbocycles. The van der Waals surface area contributed by atoms with Crippen molar-refractivity contribution >= 4 is 29.6 Å². The molecule has 1 aromatic heterocycles. The van der Waals surface area contributed by atoms with Crippen molar-refractivity contribution in [3.05, 3.63) is 42.6 Å². The van der Waals surface area contributed by atoms with Gasteiger partial charge in [0.2, 0.25) is 11.9 Å². The van der Waals surface area contributed by atoms with Gasteiger partial charge in [-0.05, 0) is 6.07 Å². The first-order valence-corrected chi connectivity index (χ1v) is 10.7. The second-order valence-corrected chi connectivity index (χ2v) is 8.02. The molecule has 4 unspecified atom stereocenters. The quantitative estimate of drug-likeness (QED) is 0.563. The van der Waals surface area contributed by atoms with Crippen LogP contribution in [0.3, 0.4) is 0 Å². The lowest BCUT2D eigenvalue weighted by Gasteiger charge is -2.18. The summed E-state index contributed by atoms with van der Waals surface area (Å²) in [6.45, 7) is 0.752. The standard InChI is InChI=1S/C20H22N4O5S/c25-16(10-30-11-17(26)27)22-14-8-28-19-15(9-29-18(14)19)24-20-21-7-6-13(23-20)12-4-2-1-3-5-12/h1-7,14-15,18-19H,8-11H2,(H,22,25)(H,26,27)(H,21,23,24). The largest absolute Gasteiger partial charge is 0.481 e. The van der Waals surface area contributed by atoms with E-state index in [1.165, 1.54) is 0 Å². The Bertz CT molecular complexity index is 900. The smallest absolute Gasteiger partial charge is 0.313 e. The van der Waals surface area contributed by atoms with Gasteiger partial charge in [0.25, 0.3) is 0 Å². The lowest BCUT2D eigenvalue weighted by Crippen LogP contribution is -2.45. The van der Waals surface area contributed by atoms with Crippen LogP contribution >= 0.6 is 11.8 Å². The van der Waals surface area contributed by atoms with E-state index in [0.29, 0.717) is 19.2 Å². The number of thioether (sulfide) groups is 1. The SMILES string of the molecule is O=C(O)CSCC(=O)NC1COC2C(Nc3nccc(-c4ccccc4)n3)COC12. The third kappa shape index (κ3) is 4.89. The number of fused-ring (bicyclic) bond motifs is 1. The van der Waals surface area contributed by atoms with Crippen LogP contribution in [0.15, 0.2) is 42.6 Å². The van der Waals surface area contributed by atoms with Crippen molar-refractivity contribution in [2.45, 2.75) is 24.3 Å². The van der Waals surface area contributed by atoms with Crippen LogP contribution < -0.4 is 10.6 Å². The van der Waals surface area contributed by atoms with E-state index in [4.69, 9.17) is 14.6 Å². The fraction of sp³-hybridized carbons (Fsp3) is 0.400. The Labute approximate surface area is 177 Å². The molecule has 0 bridgehead atoms. The summed E-state index contributed by atoms with van der Waals surface area (Å²) in [6, 6.07) is 11.3. The molecule has 1 amide bonds. The zero-order valence-electron chi connectivity index (χ0n) is 16.1. The fourth-order valence-electron chi connectivity index (χ4n) is 3.59. The van der Waals surface area contributed by atoms with Gasteiger partial charge in [-0.25, -0.2) is 9.97 Å². The van der Waals surface area contributed by atoms with Crippen molar-refractivity contribution < 1.29 is 24.2 Å².